The zero-order valence-electron chi connectivity index (χ0n) is 6.27. The van der Waals surface area contributed by atoms with E-state index in [9.17, 15) is 13.2 Å². The summed E-state index contributed by atoms with van der Waals surface area (Å²) in [5, 5.41) is 8.70. The molecule has 0 radical (unpaired) electrons. The van der Waals surface area contributed by atoms with Crippen LogP contribution in [-0.4, -0.2) is 10.1 Å². The molecule has 0 aliphatic carbocycles. The lowest BCUT2D eigenvalue weighted by molar-refractivity contribution is -0.139. The minimum Gasteiger partial charge on any atom is -0.392 e. The quantitative estimate of drug-likeness (QED) is 0.836. The molecule has 0 aliphatic heterocycles. The molecular formula is C7H5BrF3NO. The highest BCUT2D eigenvalue weighted by molar-refractivity contribution is 9.10. The summed E-state index contributed by atoms with van der Waals surface area (Å²) >= 11 is 2.88. The van der Waals surface area contributed by atoms with Gasteiger partial charge in [-0.3, -0.25) is 4.98 Å². The van der Waals surface area contributed by atoms with Gasteiger partial charge in [-0.05, 0) is 15.9 Å². The lowest BCUT2D eigenvalue weighted by Gasteiger charge is -2.11. The third-order valence-corrected chi connectivity index (χ3v) is 2.15. The van der Waals surface area contributed by atoms with Crippen LogP contribution in [0.4, 0.5) is 13.2 Å². The first kappa shape index (κ1) is 10.5. The maximum Gasteiger partial charge on any atom is 0.418 e. The Morgan fingerprint density at radius 3 is 2.38 bits per heavy atom. The Labute approximate surface area is 80.5 Å². The van der Waals surface area contributed by atoms with Gasteiger partial charge in [-0.1, -0.05) is 0 Å². The summed E-state index contributed by atoms with van der Waals surface area (Å²) in [6, 6.07) is 0. The summed E-state index contributed by atoms with van der Waals surface area (Å²) in [6.07, 6.45) is -2.58. The van der Waals surface area contributed by atoms with Gasteiger partial charge in [0.05, 0.1) is 12.2 Å². The number of nitrogens with zero attached hydrogens (tertiary/aromatic N) is 1. The third-order valence-electron chi connectivity index (χ3n) is 1.47. The number of hydrogen-bond acceptors (Lipinski definition) is 2. The first-order chi connectivity index (χ1) is 5.96. The lowest BCUT2D eigenvalue weighted by Crippen LogP contribution is -2.10. The van der Waals surface area contributed by atoms with Gasteiger partial charge in [0.15, 0.2) is 0 Å². The average Bonchev–Trinajstić information content (AvgIpc) is 2.02. The van der Waals surface area contributed by atoms with E-state index < -0.39 is 18.3 Å². The van der Waals surface area contributed by atoms with E-state index in [-0.39, 0.29) is 10.0 Å². The van der Waals surface area contributed by atoms with Gasteiger partial charge < -0.3 is 5.11 Å². The molecule has 13 heavy (non-hydrogen) atoms. The fraction of sp³-hybridized carbons (Fsp3) is 0.286. The van der Waals surface area contributed by atoms with E-state index in [4.69, 9.17) is 5.11 Å². The molecule has 1 heterocycles. The van der Waals surface area contributed by atoms with E-state index in [0.717, 1.165) is 0 Å². The number of aliphatic hydroxyl groups is 1. The SMILES string of the molecule is OCc1c(Br)cncc1C(F)(F)F. The number of aliphatic hydroxyl groups excluding tert-OH is 1. The summed E-state index contributed by atoms with van der Waals surface area (Å²) in [7, 11) is 0. The number of aromatic nitrogens is 1. The van der Waals surface area contributed by atoms with E-state index in [0.29, 0.717) is 6.20 Å². The molecule has 0 atom stereocenters. The van der Waals surface area contributed by atoms with Crippen LogP contribution in [0.25, 0.3) is 0 Å². The number of hydrogen-bond donors (Lipinski definition) is 1. The fourth-order valence-electron chi connectivity index (χ4n) is 0.867. The zero-order valence-corrected chi connectivity index (χ0v) is 7.85. The van der Waals surface area contributed by atoms with Crippen molar-refractivity contribution in [3.05, 3.63) is 28.0 Å². The summed E-state index contributed by atoms with van der Waals surface area (Å²) in [5.41, 5.74) is -1.10. The molecule has 0 saturated carbocycles. The van der Waals surface area contributed by atoms with Crippen LogP contribution < -0.4 is 0 Å². The van der Waals surface area contributed by atoms with Gasteiger partial charge in [-0.2, -0.15) is 13.2 Å². The van der Waals surface area contributed by atoms with Crippen LogP contribution in [-0.2, 0) is 12.8 Å². The highest BCUT2D eigenvalue weighted by Crippen LogP contribution is 2.34. The van der Waals surface area contributed by atoms with Crippen molar-refractivity contribution in [2.24, 2.45) is 0 Å². The fourth-order valence-corrected chi connectivity index (χ4v) is 1.32. The van der Waals surface area contributed by atoms with Crippen LogP contribution in [0.5, 0.6) is 0 Å². The van der Waals surface area contributed by atoms with Crippen LogP contribution in [0.1, 0.15) is 11.1 Å². The molecule has 0 fully saturated rings. The van der Waals surface area contributed by atoms with Gasteiger partial charge >= 0.3 is 6.18 Å². The third kappa shape index (κ3) is 2.19. The molecule has 1 rings (SSSR count). The summed E-state index contributed by atoms with van der Waals surface area (Å²) in [5.74, 6) is 0. The summed E-state index contributed by atoms with van der Waals surface area (Å²) < 4.78 is 36.9. The number of alkyl halides is 3. The Morgan fingerprint density at radius 2 is 2.00 bits per heavy atom. The number of halogens is 4. The molecule has 0 amide bonds. The second-order valence-electron chi connectivity index (χ2n) is 2.30. The Hall–Kier alpha value is -0.620. The predicted molar refractivity (Wildman–Crippen MR) is 42.9 cm³/mol. The van der Waals surface area contributed by atoms with E-state index in [1.165, 1.54) is 6.20 Å². The minimum atomic E-state index is -4.48. The van der Waals surface area contributed by atoms with Crippen molar-refractivity contribution in [1.29, 1.82) is 0 Å². The monoisotopic (exact) mass is 255 g/mol. The minimum absolute atomic E-state index is 0.157. The Balaban J connectivity index is 3.29. The topological polar surface area (TPSA) is 33.1 Å². The van der Waals surface area contributed by atoms with Crippen LogP contribution >= 0.6 is 15.9 Å². The van der Waals surface area contributed by atoms with Crippen molar-refractivity contribution in [2.75, 3.05) is 0 Å². The van der Waals surface area contributed by atoms with Gasteiger partial charge in [-0.25, -0.2) is 0 Å². The van der Waals surface area contributed by atoms with Crippen LogP contribution in [0.15, 0.2) is 16.9 Å². The standard InChI is InChI=1S/C7H5BrF3NO/c8-6-2-12-1-5(4(6)3-13)7(9,10)11/h1-2,13H,3H2. The molecule has 0 aromatic carbocycles. The van der Waals surface area contributed by atoms with Crippen LogP contribution in [0, 0.1) is 0 Å². The molecule has 1 N–H and O–H groups in total. The van der Waals surface area contributed by atoms with Crippen molar-refractivity contribution in [3.8, 4) is 0 Å². The Bertz CT molecular complexity index is 313. The van der Waals surface area contributed by atoms with Gasteiger partial charge in [0.2, 0.25) is 0 Å². The molecule has 0 bridgehead atoms. The van der Waals surface area contributed by atoms with Crippen molar-refractivity contribution in [2.45, 2.75) is 12.8 Å². The normalized spacial score (nSPS) is 11.8. The Kier molecular flexibility index (Phi) is 2.92. The maximum atomic E-state index is 12.2. The highest BCUT2D eigenvalue weighted by Gasteiger charge is 2.34. The second-order valence-corrected chi connectivity index (χ2v) is 3.16. The van der Waals surface area contributed by atoms with Crippen LogP contribution in [0.3, 0.4) is 0 Å². The maximum absolute atomic E-state index is 12.2. The first-order valence-corrected chi connectivity index (χ1v) is 4.06. The van der Waals surface area contributed by atoms with Crippen LogP contribution in [0.2, 0.25) is 0 Å². The van der Waals surface area contributed by atoms with E-state index in [1.54, 1.807) is 0 Å². The van der Waals surface area contributed by atoms with E-state index in [1.807, 2.05) is 0 Å². The number of rotatable bonds is 1. The van der Waals surface area contributed by atoms with Gasteiger partial charge in [-0.15, -0.1) is 0 Å². The average molecular weight is 256 g/mol. The molecule has 72 valence electrons. The van der Waals surface area contributed by atoms with E-state index >= 15 is 0 Å². The molecule has 6 heteroatoms. The van der Waals surface area contributed by atoms with Crippen molar-refractivity contribution >= 4 is 15.9 Å². The molecule has 0 unspecified atom stereocenters. The van der Waals surface area contributed by atoms with Crippen molar-refractivity contribution in [3.63, 3.8) is 0 Å². The Morgan fingerprint density at radius 1 is 1.38 bits per heavy atom. The van der Waals surface area contributed by atoms with Gasteiger partial charge in [0.25, 0.3) is 0 Å². The first-order valence-electron chi connectivity index (χ1n) is 3.27. The molecule has 0 aliphatic rings. The highest BCUT2D eigenvalue weighted by atomic mass is 79.9. The smallest absolute Gasteiger partial charge is 0.392 e. The molecule has 2 nitrogen and oxygen atoms in total. The predicted octanol–water partition coefficient (Wildman–Crippen LogP) is 2.36. The summed E-state index contributed by atoms with van der Waals surface area (Å²) in [4.78, 5) is 3.38. The van der Waals surface area contributed by atoms with Crippen molar-refractivity contribution < 1.29 is 18.3 Å². The van der Waals surface area contributed by atoms with E-state index in [2.05, 4.69) is 20.9 Å². The van der Waals surface area contributed by atoms with Crippen molar-refractivity contribution in [1.82, 2.24) is 4.98 Å². The molecule has 0 spiro atoms. The molecule has 1 aromatic heterocycles. The zero-order chi connectivity index (χ0) is 10.1. The molecule has 0 saturated heterocycles. The number of pyridine rings is 1. The second kappa shape index (κ2) is 3.63. The molecular weight excluding hydrogens is 251 g/mol. The molecule has 1 aromatic rings. The lowest BCUT2D eigenvalue weighted by atomic mass is 10.1. The van der Waals surface area contributed by atoms with Gasteiger partial charge in [0.1, 0.15) is 0 Å². The summed E-state index contributed by atoms with van der Waals surface area (Å²) in [6.45, 7) is -0.669. The largest absolute Gasteiger partial charge is 0.418 e. The van der Waals surface area contributed by atoms with Gasteiger partial charge in [0, 0.05) is 22.4 Å².